The van der Waals surface area contributed by atoms with Crippen molar-refractivity contribution in [3.05, 3.63) is 94.5 Å². The van der Waals surface area contributed by atoms with Gasteiger partial charge in [0.15, 0.2) is 0 Å². The summed E-state index contributed by atoms with van der Waals surface area (Å²) in [5.41, 5.74) is 1.93. The maximum absolute atomic E-state index is 10.8. The molecule has 0 radical (unpaired) electrons. The molecule has 0 fully saturated rings. The van der Waals surface area contributed by atoms with Gasteiger partial charge in [0.2, 0.25) is 0 Å². The SMILES string of the molecule is Oc1cc(O)cc(/C=C/c2cc([C@@H](Cc3cc(O)cc(O)c3)c3ccc(O)cc3O)c(O)cc2O)c1. The highest BCUT2D eigenvalue weighted by atomic mass is 16.3. The highest BCUT2D eigenvalue weighted by Crippen LogP contribution is 2.42. The molecule has 0 aromatic heterocycles. The zero-order chi connectivity index (χ0) is 26.0. The van der Waals surface area contributed by atoms with Crippen molar-refractivity contribution in [3.63, 3.8) is 0 Å². The quantitative estimate of drug-likeness (QED) is 0.178. The van der Waals surface area contributed by atoms with Crippen LogP contribution in [0.1, 0.15) is 33.7 Å². The summed E-state index contributed by atoms with van der Waals surface area (Å²) in [5, 5.41) is 80.8. The summed E-state index contributed by atoms with van der Waals surface area (Å²) in [6, 6.07) is 14.8. The number of rotatable bonds is 6. The summed E-state index contributed by atoms with van der Waals surface area (Å²) < 4.78 is 0. The topological polar surface area (TPSA) is 162 Å². The zero-order valence-electron chi connectivity index (χ0n) is 18.9. The van der Waals surface area contributed by atoms with Crippen LogP contribution in [0.5, 0.6) is 46.0 Å². The first-order valence-corrected chi connectivity index (χ1v) is 10.9. The molecule has 4 rings (SSSR count). The molecule has 8 nitrogen and oxygen atoms in total. The lowest BCUT2D eigenvalue weighted by Crippen LogP contribution is -2.06. The lowest BCUT2D eigenvalue weighted by atomic mass is 9.84. The van der Waals surface area contributed by atoms with Crippen LogP contribution in [0.3, 0.4) is 0 Å². The fraction of sp³-hybridized carbons (Fsp3) is 0.0714. The lowest BCUT2D eigenvalue weighted by Gasteiger charge is -2.22. The number of benzene rings is 4. The van der Waals surface area contributed by atoms with E-state index in [-0.39, 0.29) is 52.4 Å². The van der Waals surface area contributed by atoms with E-state index in [1.54, 1.807) is 6.08 Å². The Morgan fingerprint density at radius 1 is 0.500 bits per heavy atom. The molecule has 4 aromatic carbocycles. The molecule has 0 aliphatic rings. The largest absolute Gasteiger partial charge is 0.508 e. The molecule has 0 bridgehead atoms. The summed E-state index contributed by atoms with van der Waals surface area (Å²) in [6.45, 7) is 0. The van der Waals surface area contributed by atoms with Crippen LogP contribution < -0.4 is 0 Å². The predicted molar refractivity (Wildman–Crippen MR) is 134 cm³/mol. The van der Waals surface area contributed by atoms with E-state index in [1.807, 2.05) is 0 Å². The molecule has 36 heavy (non-hydrogen) atoms. The van der Waals surface area contributed by atoms with Gasteiger partial charge in [0, 0.05) is 46.9 Å². The van der Waals surface area contributed by atoms with Gasteiger partial charge in [0.05, 0.1) is 0 Å². The van der Waals surface area contributed by atoms with Crippen molar-refractivity contribution in [3.8, 4) is 46.0 Å². The Bertz CT molecular complexity index is 1420. The molecule has 0 amide bonds. The van der Waals surface area contributed by atoms with Gasteiger partial charge in [0.25, 0.3) is 0 Å². The molecule has 0 saturated carbocycles. The summed E-state index contributed by atoms with van der Waals surface area (Å²) in [5.74, 6) is -2.20. The van der Waals surface area contributed by atoms with Crippen LogP contribution in [0.2, 0.25) is 0 Å². The van der Waals surface area contributed by atoms with Crippen LogP contribution in [0.25, 0.3) is 12.2 Å². The maximum atomic E-state index is 10.8. The van der Waals surface area contributed by atoms with Crippen LogP contribution in [0.15, 0.2) is 66.7 Å². The van der Waals surface area contributed by atoms with Crippen molar-refractivity contribution in [1.29, 1.82) is 0 Å². The minimum absolute atomic E-state index is 0.127. The first-order valence-electron chi connectivity index (χ1n) is 10.9. The maximum Gasteiger partial charge on any atom is 0.126 e. The van der Waals surface area contributed by atoms with E-state index in [9.17, 15) is 40.9 Å². The van der Waals surface area contributed by atoms with Crippen molar-refractivity contribution < 1.29 is 40.9 Å². The third-order valence-corrected chi connectivity index (χ3v) is 5.72. The Labute approximate surface area is 206 Å². The highest BCUT2D eigenvalue weighted by Gasteiger charge is 2.24. The molecule has 1 atom stereocenters. The van der Waals surface area contributed by atoms with Gasteiger partial charge < -0.3 is 40.9 Å². The number of phenols is 8. The third kappa shape index (κ3) is 5.39. The minimum atomic E-state index is -0.718. The monoisotopic (exact) mass is 488 g/mol. The predicted octanol–water partition coefficient (Wildman–Crippen LogP) is 4.88. The zero-order valence-corrected chi connectivity index (χ0v) is 18.9. The van der Waals surface area contributed by atoms with Crippen LogP contribution >= 0.6 is 0 Å². The fourth-order valence-electron chi connectivity index (χ4n) is 4.15. The van der Waals surface area contributed by atoms with E-state index in [2.05, 4.69) is 0 Å². The molecule has 0 aliphatic carbocycles. The van der Waals surface area contributed by atoms with Gasteiger partial charge in [-0.3, -0.25) is 0 Å². The molecule has 8 N–H and O–H groups in total. The van der Waals surface area contributed by atoms with Crippen LogP contribution in [0, 0.1) is 0 Å². The smallest absolute Gasteiger partial charge is 0.126 e. The standard InChI is InChI=1S/C28H24O8/c29-18-3-4-23(27(35)13-18)24(9-16-7-21(32)12-22(33)8-16)25-10-17(26(34)14-28(25)36)2-1-15-5-19(30)11-20(31)6-15/h1-8,10-14,24,29-36H,9H2/b2-1+/t24-/m0/s1. The Balaban J connectivity index is 1.82. The van der Waals surface area contributed by atoms with E-state index < -0.39 is 5.92 Å². The van der Waals surface area contributed by atoms with E-state index in [1.165, 1.54) is 60.7 Å². The summed E-state index contributed by atoms with van der Waals surface area (Å²) in [4.78, 5) is 0. The van der Waals surface area contributed by atoms with Gasteiger partial charge in [-0.1, -0.05) is 18.2 Å². The number of aromatic hydroxyl groups is 8. The third-order valence-electron chi connectivity index (χ3n) is 5.72. The average Bonchev–Trinajstić information content (AvgIpc) is 2.76. The Hall–Kier alpha value is -4.98. The molecule has 4 aromatic rings. The van der Waals surface area contributed by atoms with Gasteiger partial charge in [-0.2, -0.15) is 0 Å². The van der Waals surface area contributed by atoms with Crippen molar-refractivity contribution in [2.45, 2.75) is 12.3 Å². The molecular weight excluding hydrogens is 464 g/mol. The van der Waals surface area contributed by atoms with E-state index in [0.717, 1.165) is 12.1 Å². The minimum Gasteiger partial charge on any atom is -0.508 e. The first kappa shape index (κ1) is 24.2. The molecule has 8 heteroatoms. The van der Waals surface area contributed by atoms with Crippen LogP contribution in [-0.2, 0) is 6.42 Å². The summed E-state index contributed by atoms with van der Waals surface area (Å²) in [7, 11) is 0. The lowest BCUT2D eigenvalue weighted by molar-refractivity contribution is 0.435. The van der Waals surface area contributed by atoms with Gasteiger partial charge >= 0.3 is 0 Å². The summed E-state index contributed by atoms with van der Waals surface area (Å²) in [6.07, 6.45) is 3.21. The second kappa shape index (κ2) is 9.71. The van der Waals surface area contributed by atoms with Crippen molar-refractivity contribution in [2.24, 2.45) is 0 Å². The Morgan fingerprint density at radius 2 is 1.08 bits per heavy atom. The van der Waals surface area contributed by atoms with Crippen LogP contribution in [-0.4, -0.2) is 40.9 Å². The van der Waals surface area contributed by atoms with E-state index in [4.69, 9.17) is 0 Å². The van der Waals surface area contributed by atoms with E-state index in [0.29, 0.717) is 27.8 Å². The molecule has 0 heterocycles. The molecule has 184 valence electrons. The highest BCUT2D eigenvalue weighted by molar-refractivity contribution is 5.75. The molecule has 0 unspecified atom stereocenters. The van der Waals surface area contributed by atoms with E-state index >= 15 is 0 Å². The first-order chi connectivity index (χ1) is 17.1. The Morgan fingerprint density at radius 3 is 1.69 bits per heavy atom. The number of hydrogen-bond acceptors (Lipinski definition) is 8. The van der Waals surface area contributed by atoms with Crippen molar-refractivity contribution in [1.82, 2.24) is 0 Å². The van der Waals surface area contributed by atoms with Gasteiger partial charge in [-0.15, -0.1) is 0 Å². The second-order valence-corrected chi connectivity index (χ2v) is 8.44. The molecular formula is C28H24O8. The summed E-state index contributed by atoms with van der Waals surface area (Å²) >= 11 is 0. The number of hydrogen-bond donors (Lipinski definition) is 8. The Kier molecular flexibility index (Phi) is 6.52. The fourth-order valence-corrected chi connectivity index (χ4v) is 4.15. The number of phenolic OH excluding ortho intramolecular Hbond substituents is 8. The molecule has 0 saturated heterocycles. The molecule has 0 spiro atoms. The van der Waals surface area contributed by atoms with Crippen molar-refractivity contribution >= 4 is 12.2 Å². The van der Waals surface area contributed by atoms with Crippen molar-refractivity contribution in [2.75, 3.05) is 0 Å². The normalized spacial score (nSPS) is 12.1. The average molecular weight is 488 g/mol. The van der Waals surface area contributed by atoms with Gasteiger partial charge in [0.1, 0.15) is 46.0 Å². The van der Waals surface area contributed by atoms with Gasteiger partial charge in [-0.05, 0) is 53.9 Å². The van der Waals surface area contributed by atoms with Crippen LogP contribution in [0.4, 0.5) is 0 Å². The second-order valence-electron chi connectivity index (χ2n) is 8.44. The molecule has 0 aliphatic heterocycles. The van der Waals surface area contributed by atoms with Gasteiger partial charge in [-0.25, -0.2) is 0 Å².